The van der Waals surface area contributed by atoms with Crippen LogP contribution in [0.4, 0.5) is 0 Å². The van der Waals surface area contributed by atoms with Crippen molar-refractivity contribution in [3.05, 3.63) is 42.0 Å². The van der Waals surface area contributed by atoms with E-state index >= 15 is 0 Å². The van der Waals surface area contributed by atoms with Gasteiger partial charge in [0, 0.05) is 6.08 Å². The molecule has 2 heteroatoms. The van der Waals surface area contributed by atoms with Crippen LogP contribution in [-0.2, 0) is 11.2 Å². The summed E-state index contributed by atoms with van der Waals surface area (Å²) in [4.78, 5) is 10.9. The first-order chi connectivity index (χ1) is 6.67. The van der Waals surface area contributed by atoms with Crippen molar-refractivity contribution in [2.75, 3.05) is 0 Å². The Morgan fingerprint density at radius 2 is 2.29 bits per heavy atom. The number of aryl methyl sites for hydroxylation is 2. The molecule has 1 aromatic carbocycles. The molecule has 14 heavy (non-hydrogen) atoms. The van der Waals surface area contributed by atoms with Gasteiger partial charge in [0.25, 0.3) is 0 Å². The molecule has 0 atom stereocenters. The van der Waals surface area contributed by atoms with Crippen LogP contribution in [0.2, 0.25) is 0 Å². The zero-order valence-electron chi connectivity index (χ0n) is 8.54. The Labute approximate surface area is 84.2 Å². The van der Waals surface area contributed by atoms with Crippen molar-refractivity contribution >= 4 is 5.97 Å². The topological polar surface area (TPSA) is 26.3 Å². The van der Waals surface area contributed by atoms with Crippen LogP contribution in [0.25, 0.3) is 0 Å². The van der Waals surface area contributed by atoms with E-state index in [1.165, 1.54) is 11.1 Å². The summed E-state index contributed by atoms with van der Waals surface area (Å²) in [5, 5.41) is 0. The highest BCUT2D eigenvalue weighted by Crippen LogP contribution is 2.17. The van der Waals surface area contributed by atoms with E-state index in [1.807, 2.05) is 19.1 Å². The molecule has 74 valence electrons. The standard InChI is InChI=1S/C12H14O2/c1-4-10-8-11(7-6-9(10)3)14-12(13)5-2/h5-8H,2,4H2,1,3H3. The van der Waals surface area contributed by atoms with E-state index in [1.54, 1.807) is 6.07 Å². The van der Waals surface area contributed by atoms with Crippen molar-refractivity contribution < 1.29 is 9.53 Å². The highest BCUT2D eigenvalue weighted by atomic mass is 16.5. The van der Waals surface area contributed by atoms with Gasteiger partial charge < -0.3 is 4.74 Å². The highest BCUT2D eigenvalue weighted by Gasteiger charge is 2.02. The lowest BCUT2D eigenvalue weighted by Gasteiger charge is -2.06. The van der Waals surface area contributed by atoms with Gasteiger partial charge in [-0.2, -0.15) is 0 Å². The highest BCUT2D eigenvalue weighted by molar-refractivity contribution is 5.83. The third-order valence-electron chi connectivity index (χ3n) is 2.09. The number of carbonyl (C=O) groups excluding carboxylic acids is 1. The Kier molecular flexibility index (Phi) is 3.46. The summed E-state index contributed by atoms with van der Waals surface area (Å²) in [6, 6.07) is 5.62. The van der Waals surface area contributed by atoms with Crippen molar-refractivity contribution in [1.29, 1.82) is 0 Å². The number of rotatable bonds is 3. The SMILES string of the molecule is C=CC(=O)Oc1ccc(C)c(CC)c1. The van der Waals surface area contributed by atoms with E-state index in [-0.39, 0.29) is 0 Å². The minimum Gasteiger partial charge on any atom is -0.423 e. The summed E-state index contributed by atoms with van der Waals surface area (Å²) in [5.41, 5.74) is 2.41. The van der Waals surface area contributed by atoms with Crippen LogP contribution >= 0.6 is 0 Å². The van der Waals surface area contributed by atoms with E-state index < -0.39 is 5.97 Å². The van der Waals surface area contributed by atoms with Gasteiger partial charge in [0.15, 0.2) is 0 Å². The zero-order chi connectivity index (χ0) is 10.6. The van der Waals surface area contributed by atoms with Gasteiger partial charge >= 0.3 is 5.97 Å². The number of carbonyl (C=O) groups is 1. The lowest BCUT2D eigenvalue weighted by Crippen LogP contribution is -2.03. The second kappa shape index (κ2) is 4.61. The zero-order valence-corrected chi connectivity index (χ0v) is 8.54. The lowest BCUT2D eigenvalue weighted by molar-refractivity contribution is -0.128. The summed E-state index contributed by atoms with van der Waals surface area (Å²) >= 11 is 0. The maximum atomic E-state index is 10.9. The number of esters is 1. The average molecular weight is 190 g/mol. The molecule has 0 spiro atoms. The molecule has 0 N–H and O–H groups in total. The van der Waals surface area contributed by atoms with Gasteiger partial charge in [-0.25, -0.2) is 4.79 Å². The largest absolute Gasteiger partial charge is 0.423 e. The Morgan fingerprint density at radius 1 is 1.57 bits per heavy atom. The van der Waals surface area contributed by atoms with Gasteiger partial charge in [0.1, 0.15) is 5.75 Å². The Morgan fingerprint density at radius 3 is 2.86 bits per heavy atom. The van der Waals surface area contributed by atoms with Crippen LogP contribution in [0.15, 0.2) is 30.9 Å². The first-order valence-electron chi connectivity index (χ1n) is 4.61. The van der Waals surface area contributed by atoms with Crippen LogP contribution in [0.5, 0.6) is 5.75 Å². The Bertz CT molecular complexity index is 353. The van der Waals surface area contributed by atoms with Crippen molar-refractivity contribution in [3.63, 3.8) is 0 Å². The monoisotopic (exact) mass is 190 g/mol. The van der Waals surface area contributed by atoms with Crippen LogP contribution in [0.1, 0.15) is 18.1 Å². The second-order valence-electron chi connectivity index (χ2n) is 3.07. The fraction of sp³-hybridized carbons (Fsp3) is 0.250. The third kappa shape index (κ3) is 2.46. The molecule has 0 fully saturated rings. The van der Waals surface area contributed by atoms with Crippen molar-refractivity contribution in [2.24, 2.45) is 0 Å². The molecule has 0 aliphatic rings. The number of ether oxygens (including phenoxy) is 1. The van der Waals surface area contributed by atoms with Crippen LogP contribution in [0, 0.1) is 6.92 Å². The quantitative estimate of drug-likeness (QED) is 0.416. The van der Waals surface area contributed by atoms with Gasteiger partial charge in [-0.15, -0.1) is 0 Å². The lowest BCUT2D eigenvalue weighted by atomic mass is 10.1. The molecule has 0 unspecified atom stereocenters. The summed E-state index contributed by atoms with van der Waals surface area (Å²) in [5.74, 6) is 0.160. The smallest absolute Gasteiger partial charge is 0.335 e. The average Bonchev–Trinajstić information content (AvgIpc) is 2.20. The first-order valence-corrected chi connectivity index (χ1v) is 4.61. The van der Waals surface area contributed by atoms with E-state index in [4.69, 9.17) is 4.74 Å². The van der Waals surface area contributed by atoms with Gasteiger partial charge in [0.2, 0.25) is 0 Å². The molecule has 1 aromatic rings. The predicted octanol–water partition coefficient (Wildman–Crippen LogP) is 2.65. The Balaban J connectivity index is 2.89. The van der Waals surface area contributed by atoms with E-state index in [0.717, 1.165) is 12.5 Å². The molecular formula is C12H14O2. The van der Waals surface area contributed by atoms with E-state index in [0.29, 0.717) is 5.75 Å². The van der Waals surface area contributed by atoms with Gasteiger partial charge in [-0.1, -0.05) is 19.6 Å². The maximum absolute atomic E-state index is 10.9. The van der Waals surface area contributed by atoms with Gasteiger partial charge in [0.05, 0.1) is 0 Å². The number of benzene rings is 1. The van der Waals surface area contributed by atoms with Gasteiger partial charge in [-0.3, -0.25) is 0 Å². The van der Waals surface area contributed by atoms with Crippen LogP contribution in [0.3, 0.4) is 0 Å². The van der Waals surface area contributed by atoms with Crippen molar-refractivity contribution in [3.8, 4) is 5.75 Å². The molecule has 0 aromatic heterocycles. The Hall–Kier alpha value is -1.57. The molecule has 0 radical (unpaired) electrons. The van der Waals surface area contributed by atoms with Crippen molar-refractivity contribution in [2.45, 2.75) is 20.3 Å². The first kappa shape index (κ1) is 10.5. The molecular weight excluding hydrogens is 176 g/mol. The van der Waals surface area contributed by atoms with E-state index in [9.17, 15) is 4.79 Å². The molecule has 0 aliphatic heterocycles. The summed E-state index contributed by atoms with van der Waals surface area (Å²) in [6.07, 6.45) is 2.09. The van der Waals surface area contributed by atoms with Gasteiger partial charge in [-0.05, 0) is 36.6 Å². The van der Waals surface area contributed by atoms with E-state index in [2.05, 4.69) is 13.5 Å². The summed E-state index contributed by atoms with van der Waals surface area (Å²) in [6.45, 7) is 7.45. The molecule has 0 bridgehead atoms. The second-order valence-corrected chi connectivity index (χ2v) is 3.07. The molecule has 0 saturated carbocycles. The number of hydrogen-bond donors (Lipinski definition) is 0. The van der Waals surface area contributed by atoms with Crippen molar-refractivity contribution in [1.82, 2.24) is 0 Å². The summed E-state index contributed by atoms with van der Waals surface area (Å²) in [7, 11) is 0. The normalized spacial score (nSPS) is 9.57. The fourth-order valence-electron chi connectivity index (χ4n) is 1.25. The molecule has 0 aliphatic carbocycles. The predicted molar refractivity (Wildman–Crippen MR) is 56.4 cm³/mol. The molecule has 0 saturated heterocycles. The fourth-order valence-corrected chi connectivity index (χ4v) is 1.25. The molecule has 0 heterocycles. The molecule has 1 rings (SSSR count). The third-order valence-corrected chi connectivity index (χ3v) is 2.09. The van der Waals surface area contributed by atoms with Crippen LogP contribution < -0.4 is 4.74 Å². The van der Waals surface area contributed by atoms with Crippen LogP contribution in [-0.4, -0.2) is 5.97 Å². The maximum Gasteiger partial charge on any atom is 0.335 e. The number of hydrogen-bond acceptors (Lipinski definition) is 2. The summed E-state index contributed by atoms with van der Waals surface area (Å²) < 4.78 is 5.00. The molecule has 0 amide bonds. The minimum absolute atomic E-state index is 0.420. The molecule has 2 nitrogen and oxygen atoms in total. The minimum atomic E-state index is -0.420.